The van der Waals surface area contributed by atoms with Gasteiger partial charge in [-0.1, -0.05) is 0 Å². The molecule has 0 saturated carbocycles. The first-order chi connectivity index (χ1) is 17.5. The number of hydrogen-bond donors (Lipinski definition) is 3. The van der Waals surface area contributed by atoms with Crippen molar-refractivity contribution in [2.75, 3.05) is 24.1 Å². The van der Waals surface area contributed by atoms with Gasteiger partial charge in [0.25, 0.3) is 5.91 Å². The molecule has 198 valence electrons. The Morgan fingerprint density at radius 2 is 1.92 bits per heavy atom. The second kappa shape index (κ2) is 10.8. The van der Waals surface area contributed by atoms with Crippen LogP contribution in [0.5, 0.6) is 5.75 Å². The van der Waals surface area contributed by atoms with E-state index >= 15 is 0 Å². The van der Waals surface area contributed by atoms with Gasteiger partial charge < -0.3 is 30.7 Å². The van der Waals surface area contributed by atoms with Gasteiger partial charge in [0.2, 0.25) is 0 Å². The lowest BCUT2D eigenvalue weighted by Crippen LogP contribution is -2.50. The topological polar surface area (TPSA) is 119 Å². The Bertz CT molecular complexity index is 1270. The van der Waals surface area contributed by atoms with Gasteiger partial charge >= 0.3 is 6.09 Å². The van der Waals surface area contributed by atoms with E-state index in [1.54, 1.807) is 11.1 Å². The molecule has 3 heterocycles. The van der Waals surface area contributed by atoms with Gasteiger partial charge in [0.05, 0.1) is 22.9 Å². The average Bonchev–Trinajstić information content (AvgIpc) is 3.17. The molecule has 10 heteroatoms. The number of nitrogens with one attached hydrogen (secondary N) is 2. The van der Waals surface area contributed by atoms with Gasteiger partial charge in [-0.3, -0.25) is 4.79 Å². The van der Waals surface area contributed by atoms with Crippen LogP contribution in [-0.4, -0.2) is 52.7 Å². The molecule has 1 aliphatic rings. The van der Waals surface area contributed by atoms with Crippen LogP contribution in [0.1, 0.15) is 57.1 Å². The number of benzene rings is 1. The van der Waals surface area contributed by atoms with Gasteiger partial charge in [-0.15, -0.1) is 11.3 Å². The minimum atomic E-state index is -0.568. The van der Waals surface area contributed by atoms with E-state index in [-0.39, 0.29) is 24.1 Å². The molecule has 1 aromatic carbocycles. The number of anilines is 3. The zero-order valence-corrected chi connectivity index (χ0v) is 22.8. The van der Waals surface area contributed by atoms with Crippen LogP contribution >= 0.6 is 11.3 Å². The van der Waals surface area contributed by atoms with Crippen molar-refractivity contribution in [3.8, 4) is 5.75 Å². The molecule has 0 unspecified atom stereocenters. The lowest BCUT2D eigenvalue weighted by Gasteiger charge is -2.34. The number of hydrogen-bond acceptors (Lipinski definition) is 8. The number of carbonyl (C=O) groups excluding carboxylic acids is 2. The first-order valence-corrected chi connectivity index (χ1v) is 13.3. The zero-order chi connectivity index (χ0) is 26.7. The van der Waals surface area contributed by atoms with E-state index in [1.807, 2.05) is 65.0 Å². The summed E-state index contributed by atoms with van der Waals surface area (Å²) >= 11 is 1.26. The number of thiophene rings is 1. The summed E-state index contributed by atoms with van der Waals surface area (Å²) in [5.74, 6) is 0.528. The second-order valence-electron chi connectivity index (χ2n) is 10.4. The van der Waals surface area contributed by atoms with E-state index in [0.717, 1.165) is 30.0 Å². The van der Waals surface area contributed by atoms with Crippen LogP contribution in [0.15, 0.2) is 36.5 Å². The minimum absolute atomic E-state index is 0.0998. The Morgan fingerprint density at radius 3 is 2.59 bits per heavy atom. The highest BCUT2D eigenvalue weighted by Gasteiger charge is 2.29. The number of nitrogen functional groups attached to an aromatic ring is 1. The Hall–Kier alpha value is -3.53. The quantitative estimate of drug-likeness (QED) is 0.387. The molecule has 9 nitrogen and oxygen atoms in total. The van der Waals surface area contributed by atoms with Crippen molar-refractivity contribution in [2.24, 2.45) is 0 Å². The summed E-state index contributed by atoms with van der Waals surface area (Å²) in [7, 11) is 0. The van der Waals surface area contributed by atoms with Gasteiger partial charge in [-0.25, -0.2) is 9.78 Å². The molecule has 1 aliphatic heterocycles. The van der Waals surface area contributed by atoms with Crippen LogP contribution < -0.4 is 21.1 Å². The number of amides is 2. The van der Waals surface area contributed by atoms with Gasteiger partial charge in [0.15, 0.2) is 0 Å². The summed E-state index contributed by atoms with van der Waals surface area (Å²) in [4.78, 5) is 32.9. The van der Waals surface area contributed by atoms with Crippen molar-refractivity contribution in [2.45, 2.75) is 65.2 Å². The van der Waals surface area contributed by atoms with Gasteiger partial charge in [0, 0.05) is 31.0 Å². The molecule has 3 aromatic rings. The lowest BCUT2D eigenvalue weighted by molar-refractivity contribution is 0.0186. The SMILES string of the molecule is CC(C)Oc1ccc(Nc2ccnc3sc(C(=O)N[C@@H]4CCCN(C(=O)OC(C)(C)C)C4)c(N)c23)cc1. The molecular weight excluding hydrogens is 490 g/mol. The van der Waals surface area contributed by atoms with Crippen molar-refractivity contribution in [1.82, 2.24) is 15.2 Å². The van der Waals surface area contributed by atoms with E-state index in [4.69, 9.17) is 15.2 Å². The fraction of sp³-hybridized carbons (Fsp3) is 0.444. The number of carbonyl (C=O) groups is 2. The molecule has 4 rings (SSSR count). The maximum Gasteiger partial charge on any atom is 0.410 e. The Kier molecular flexibility index (Phi) is 7.77. The van der Waals surface area contributed by atoms with Crippen molar-refractivity contribution >= 4 is 50.6 Å². The van der Waals surface area contributed by atoms with Gasteiger partial charge in [0.1, 0.15) is 21.1 Å². The summed E-state index contributed by atoms with van der Waals surface area (Å²) in [5, 5.41) is 7.14. The predicted molar refractivity (Wildman–Crippen MR) is 148 cm³/mol. The fourth-order valence-corrected chi connectivity index (χ4v) is 5.19. The normalized spacial score (nSPS) is 16.1. The minimum Gasteiger partial charge on any atom is -0.491 e. The predicted octanol–water partition coefficient (Wildman–Crippen LogP) is 5.54. The maximum absolute atomic E-state index is 13.2. The smallest absolute Gasteiger partial charge is 0.410 e. The molecule has 1 atom stereocenters. The molecule has 37 heavy (non-hydrogen) atoms. The number of piperidine rings is 1. The molecule has 0 radical (unpaired) electrons. The van der Waals surface area contributed by atoms with Crippen LogP contribution in [0.2, 0.25) is 0 Å². The Morgan fingerprint density at radius 1 is 1.19 bits per heavy atom. The number of rotatable bonds is 6. The van der Waals surface area contributed by atoms with E-state index in [1.165, 1.54) is 11.3 Å². The second-order valence-corrected chi connectivity index (χ2v) is 11.4. The maximum atomic E-state index is 13.2. The number of fused-ring (bicyclic) bond motifs is 1. The first-order valence-electron chi connectivity index (χ1n) is 12.5. The van der Waals surface area contributed by atoms with Crippen molar-refractivity contribution < 1.29 is 19.1 Å². The third-order valence-electron chi connectivity index (χ3n) is 5.75. The molecule has 1 saturated heterocycles. The van der Waals surface area contributed by atoms with Crippen molar-refractivity contribution in [3.63, 3.8) is 0 Å². The summed E-state index contributed by atoms with van der Waals surface area (Å²) in [6.07, 6.45) is 2.98. The highest BCUT2D eigenvalue weighted by molar-refractivity contribution is 7.21. The van der Waals surface area contributed by atoms with Crippen LogP contribution in [0.25, 0.3) is 10.2 Å². The Labute approximate surface area is 221 Å². The standard InChI is InChI=1S/C27H35N5O4S/c1-16(2)35-19-10-8-17(9-11-19)30-20-12-13-29-25-21(20)22(28)23(37-25)24(33)31-18-7-6-14-32(15-18)26(34)36-27(3,4)5/h8-13,16,18H,6-7,14-15,28H2,1-5H3,(H,29,30)(H,31,33)/t18-/m1/s1. The monoisotopic (exact) mass is 525 g/mol. The number of ether oxygens (including phenoxy) is 2. The fourth-order valence-electron chi connectivity index (χ4n) is 4.20. The highest BCUT2D eigenvalue weighted by atomic mass is 32.1. The summed E-state index contributed by atoms with van der Waals surface area (Å²) in [5.41, 5.74) is 7.94. The molecule has 2 amide bonds. The van der Waals surface area contributed by atoms with Crippen LogP contribution in [-0.2, 0) is 4.74 Å². The molecule has 0 bridgehead atoms. The summed E-state index contributed by atoms with van der Waals surface area (Å²) < 4.78 is 11.2. The third kappa shape index (κ3) is 6.62. The summed E-state index contributed by atoms with van der Waals surface area (Å²) in [6, 6.07) is 9.32. The van der Waals surface area contributed by atoms with Crippen molar-refractivity contribution in [3.05, 3.63) is 41.4 Å². The number of aromatic nitrogens is 1. The molecule has 4 N–H and O–H groups in total. The van der Waals surface area contributed by atoms with E-state index in [0.29, 0.717) is 33.9 Å². The first kappa shape index (κ1) is 26.5. The molecular formula is C27H35N5O4S. The molecule has 1 fully saturated rings. The molecule has 2 aromatic heterocycles. The van der Waals surface area contributed by atoms with E-state index in [9.17, 15) is 9.59 Å². The Balaban J connectivity index is 1.48. The largest absolute Gasteiger partial charge is 0.491 e. The number of pyridine rings is 1. The van der Waals surface area contributed by atoms with Crippen LogP contribution in [0, 0.1) is 0 Å². The average molecular weight is 526 g/mol. The van der Waals surface area contributed by atoms with Gasteiger partial charge in [-0.2, -0.15) is 0 Å². The number of nitrogens with two attached hydrogens (primary N) is 1. The molecule has 0 aliphatic carbocycles. The number of likely N-dealkylation sites (tertiary alicyclic amines) is 1. The van der Waals surface area contributed by atoms with Crippen molar-refractivity contribution in [1.29, 1.82) is 0 Å². The lowest BCUT2D eigenvalue weighted by atomic mass is 10.1. The molecule has 0 spiro atoms. The van der Waals surface area contributed by atoms with E-state index < -0.39 is 5.60 Å². The third-order valence-corrected chi connectivity index (χ3v) is 6.86. The van der Waals surface area contributed by atoms with Crippen LogP contribution in [0.3, 0.4) is 0 Å². The van der Waals surface area contributed by atoms with Crippen LogP contribution in [0.4, 0.5) is 21.9 Å². The number of nitrogens with zero attached hydrogens (tertiary/aromatic N) is 2. The van der Waals surface area contributed by atoms with Gasteiger partial charge in [-0.05, 0) is 77.8 Å². The summed E-state index contributed by atoms with van der Waals surface area (Å²) in [6.45, 7) is 10.5. The zero-order valence-electron chi connectivity index (χ0n) is 22.0. The van der Waals surface area contributed by atoms with E-state index in [2.05, 4.69) is 15.6 Å². The highest BCUT2D eigenvalue weighted by Crippen LogP contribution is 2.38.